The minimum Gasteiger partial charge on any atom is -0.386 e. The minimum absolute atomic E-state index is 0.271. The molecular formula is C18H31NO4. The first-order valence-corrected chi connectivity index (χ1v) is 8.68. The van der Waals surface area contributed by atoms with Gasteiger partial charge in [0.1, 0.15) is 12.4 Å². The van der Waals surface area contributed by atoms with Crippen molar-refractivity contribution in [1.29, 1.82) is 0 Å². The van der Waals surface area contributed by atoms with Gasteiger partial charge in [-0.3, -0.25) is 10.1 Å². The van der Waals surface area contributed by atoms with Crippen LogP contribution >= 0.6 is 0 Å². The molecule has 0 radical (unpaired) electrons. The maximum Gasteiger partial charge on any atom is 0.241 e. The summed E-state index contributed by atoms with van der Waals surface area (Å²) in [5, 5.41) is 21.0. The number of carbonyl (C=O) groups excluding carboxylic acids is 1. The van der Waals surface area contributed by atoms with Gasteiger partial charge in [-0.1, -0.05) is 50.5 Å². The maximum absolute atomic E-state index is 11.0. The SMILES string of the molecule is CCCCCC(O)C(C/C=C/C/C=C/CCCCC=O)[N+](=O)[O-]. The van der Waals surface area contributed by atoms with Crippen molar-refractivity contribution in [1.82, 2.24) is 0 Å². The lowest BCUT2D eigenvalue weighted by atomic mass is 10.0. The molecule has 1 N–H and O–H groups in total. The van der Waals surface area contributed by atoms with Crippen LogP contribution in [0.1, 0.15) is 71.1 Å². The standard InChI is InChI=1S/C18H31NO4/c1-2-3-11-15-18(21)17(19(22)23)14-12-9-7-5-4-6-8-10-13-16-20/h4-5,9,12,16-18,21H,2-3,6-8,10-11,13-15H2,1H3/b5-4+,12-9+. The summed E-state index contributed by atoms with van der Waals surface area (Å²) in [5.74, 6) is 0. The number of hydrogen-bond acceptors (Lipinski definition) is 4. The molecule has 5 nitrogen and oxygen atoms in total. The van der Waals surface area contributed by atoms with E-state index in [9.17, 15) is 20.0 Å². The Labute approximate surface area is 139 Å². The zero-order chi connectivity index (χ0) is 17.3. The largest absolute Gasteiger partial charge is 0.386 e. The van der Waals surface area contributed by atoms with Crippen molar-refractivity contribution in [2.45, 2.75) is 83.3 Å². The van der Waals surface area contributed by atoms with Crippen LogP contribution in [0.4, 0.5) is 0 Å². The molecule has 0 rings (SSSR count). The monoisotopic (exact) mass is 325 g/mol. The highest BCUT2D eigenvalue weighted by molar-refractivity contribution is 5.48. The lowest BCUT2D eigenvalue weighted by molar-refractivity contribution is -0.533. The molecule has 0 spiro atoms. The highest BCUT2D eigenvalue weighted by Crippen LogP contribution is 2.12. The predicted octanol–water partition coefficient (Wildman–Crippen LogP) is 4.22. The molecule has 0 aliphatic carbocycles. The van der Waals surface area contributed by atoms with Gasteiger partial charge in [-0.05, 0) is 32.1 Å². The van der Waals surface area contributed by atoms with Crippen molar-refractivity contribution in [2.24, 2.45) is 0 Å². The van der Waals surface area contributed by atoms with E-state index in [4.69, 9.17) is 0 Å². The van der Waals surface area contributed by atoms with Crippen molar-refractivity contribution >= 4 is 6.29 Å². The minimum atomic E-state index is -0.907. The van der Waals surface area contributed by atoms with Gasteiger partial charge in [-0.15, -0.1) is 0 Å². The van der Waals surface area contributed by atoms with E-state index in [0.717, 1.165) is 51.2 Å². The Morgan fingerprint density at radius 1 is 1.04 bits per heavy atom. The van der Waals surface area contributed by atoms with Gasteiger partial charge in [0, 0.05) is 17.8 Å². The van der Waals surface area contributed by atoms with Crippen LogP contribution in [-0.4, -0.2) is 28.5 Å². The van der Waals surface area contributed by atoms with E-state index >= 15 is 0 Å². The second kappa shape index (κ2) is 15.4. The van der Waals surface area contributed by atoms with Crippen molar-refractivity contribution in [3.63, 3.8) is 0 Å². The summed E-state index contributed by atoms with van der Waals surface area (Å²) in [6.45, 7) is 2.07. The van der Waals surface area contributed by atoms with Gasteiger partial charge in [-0.25, -0.2) is 0 Å². The molecule has 0 aromatic carbocycles. The normalized spacial score (nSPS) is 14.3. The molecular weight excluding hydrogens is 294 g/mol. The highest BCUT2D eigenvalue weighted by Gasteiger charge is 2.27. The van der Waals surface area contributed by atoms with Gasteiger partial charge in [0.05, 0.1) is 0 Å². The smallest absolute Gasteiger partial charge is 0.241 e. The van der Waals surface area contributed by atoms with Crippen molar-refractivity contribution in [2.75, 3.05) is 0 Å². The summed E-state index contributed by atoms with van der Waals surface area (Å²) in [7, 11) is 0. The predicted molar refractivity (Wildman–Crippen MR) is 93.0 cm³/mol. The third-order valence-corrected chi connectivity index (χ3v) is 3.74. The average molecular weight is 325 g/mol. The number of aldehydes is 1. The molecule has 0 saturated carbocycles. The summed E-state index contributed by atoms with van der Waals surface area (Å²) in [6, 6.07) is -0.907. The third-order valence-electron chi connectivity index (χ3n) is 3.74. The average Bonchev–Trinajstić information content (AvgIpc) is 2.52. The zero-order valence-electron chi connectivity index (χ0n) is 14.2. The third kappa shape index (κ3) is 12.7. The molecule has 0 amide bonds. The molecule has 23 heavy (non-hydrogen) atoms. The number of allylic oxidation sites excluding steroid dienone is 3. The molecule has 132 valence electrons. The summed E-state index contributed by atoms with van der Waals surface area (Å²) >= 11 is 0. The van der Waals surface area contributed by atoms with Gasteiger partial charge < -0.3 is 9.90 Å². The van der Waals surface area contributed by atoms with Gasteiger partial charge in [0.15, 0.2) is 0 Å². The number of rotatable bonds is 15. The molecule has 0 heterocycles. The number of carbonyl (C=O) groups is 1. The quantitative estimate of drug-likeness (QED) is 0.161. The number of hydrogen-bond donors (Lipinski definition) is 1. The molecule has 0 aromatic heterocycles. The van der Waals surface area contributed by atoms with Crippen LogP contribution in [0.15, 0.2) is 24.3 Å². The lowest BCUT2D eigenvalue weighted by Gasteiger charge is -2.14. The Hall–Kier alpha value is -1.49. The zero-order valence-corrected chi connectivity index (χ0v) is 14.2. The van der Waals surface area contributed by atoms with Crippen molar-refractivity contribution in [3.8, 4) is 0 Å². The van der Waals surface area contributed by atoms with Gasteiger partial charge in [0.25, 0.3) is 0 Å². The molecule has 0 fully saturated rings. The highest BCUT2D eigenvalue weighted by atomic mass is 16.6. The van der Waals surface area contributed by atoms with Crippen LogP contribution in [0.25, 0.3) is 0 Å². The topological polar surface area (TPSA) is 80.4 Å². The van der Waals surface area contributed by atoms with Crippen LogP contribution in [0.5, 0.6) is 0 Å². The Bertz CT molecular complexity index is 366. The van der Waals surface area contributed by atoms with Crippen LogP contribution in [-0.2, 0) is 4.79 Å². The van der Waals surface area contributed by atoms with Gasteiger partial charge in [-0.2, -0.15) is 0 Å². The van der Waals surface area contributed by atoms with E-state index in [1.165, 1.54) is 0 Å². The second-order valence-electron chi connectivity index (χ2n) is 5.78. The van der Waals surface area contributed by atoms with Crippen LogP contribution < -0.4 is 0 Å². The Balaban J connectivity index is 3.95. The Morgan fingerprint density at radius 3 is 2.39 bits per heavy atom. The molecule has 2 atom stereocenters. The Kier molecular flexibility index (Phi) is 14.4. The molecule has 0 aliphatic heterocycles. The second-order valence-corrected chi connectivity index (χ2v) is 5.78. The first kappa shape index (κ1) is 21.5. The van der Waals surface area contributed by atoms with E-state index < -0.39 is 12.1 Å². The van der Waals surface area contributed by atoms with Crippen LogP contribution in [0.2, 0.25) is 0 Å². The van der Waals surface area contributed by atoms with Gasteiger partial charge in [0.2, 0.25) is 6.04 Å². The molecule has 0 saturated heterocycles. The number of aliphatic hydroxyl groups excluding tert-OH is 1. The van der Waals surface area contributed by atoms with Crippen LogP contribution in [0.3, 0.4) is 0 Å². The lowest BCUT2D eigenvalue weighted by Crippen LogP contribution is -2.33. The number of unbranched alkanes of at least 4 members (excludes halogenated alkanes) is 5. The molecule has 0 aliphatic rings. The summed E-state index contributed by atoms with van der Waals surface area (Å²) in [5.41, 5.74) is 0. The molecule has 2 unspecified atom stereocenters. The first-order valence-electron chi connectivity index (χ1n) is 8.68. The van der Waals surface area contributed by atoms with Gasteiger partial charge >= 0.3 is 0 Å². The molecule has 0 bridgehead atoms. The number of aliphatic hydroxyl groups is 1. The molecule has 5 heteroatoms. The van der Waals surface area contributed by atoms with E-state index in [1.807, 2.05) is 12.2 Å². The maximum atomic E-state index is 11.0. The fourth-order valence-corrected chi connectivity index (χ4v) is 2.29. The fourth-order valence-electron chi connectivity index (χ4n) is 2.29. The first-order chi connectivity index (χ1) is 11.1. The number of nitrogens with zero attached hydrogens (tertiary/aromatic N) is 1. The van der Waals surface area contributed by atoms with E-state index in [1.54, 1.807) is 6.08 Å². The van der Waals surface area contributed by atoms with Crippen molar-refractivity contribution in [3.05, 3.63) is 34.4 Å². The van der Waals surface area contributed by atoms with Crippen LogP contribution in [0, 0.1) is 10.1 Å². The number of nitro groups is 1. The summed E-state index contributed by atoms with van der Waals surface area (Å²) < 4.78 is 0. The summed E-state index contributed by atoms with van der Waals surface area (Å²) in [4.78, 5) is 20.8. The van der Waals surface area contributed by atoms with E-state index in [0.29, 0.717) is 12.8 Å². The Morgan fingerprint density at radius 2 is 1.74 bits per heavy atom. The molecule has 0 aromatic rings. The fraction of sp³-hybridized carbons (Fsp3) is 0.722. The van der Waals surface area contributed by atoms with Crippen molar-refractivity contribution < 1.29 is 14.8 Å². The summed E-state index contributed by atoms with van der Waals surface area (Å²) in [6.07, 6.45) is 15.7. The van der Waals surface area contributed by atoms with E-state index in [2.05, 4.69) is 13.0 Å². The van der Waals surface area contributed by atoms with E-state index in [-0.39, 0.29) is 11.3 Å².